The Hall–Kier alpha value is -3.46. The van der Waals surface area contributed by atoms with E-state index in [-0.39, 0.29) is 5.69 Å². The second-order valence-electron chi connectivity index (χ2n) is 7.11. The number of imidazole rings is 1. The van der Waals surface area contributed by atoms with Crippen LogP contribution in [0.25, 0.3) is 22.1 Å². The zero-order chi connectivity index (χ0) is 20.0. The molecule has 148 valence electrons. The highest BCUT2D eigenvalue weighted by molar-refractivity contribution is 5.83. The topological polar surface area (TPSA) is 90.1 Å². The molecule has 9 heteroatoms. The van der Waals surface area contributed by atoms with Crippen LogP contribution in [0.5, 0.6) is 0 Å². The van der Waals surface area contributed by atoms with E-state index in [0.717, 1.165) is 33.3 Å². The van der Waals surface area contributed by atoms with Crippen molar-refractivity contribution >= 4 is 33.6 Å². The maximum Gasteiger partial charge on any atom is 0.347 e. The SMILES string of the molecule is Cc1cc2nccnc2cc1Nc1cc2c(cn1)n(C)c(=O)n2N1CCOCC1. The third-order valence-corrected chi connectivity index (χ3v) is 5.27. The van der Waals surface area contributed by atoms with E-state index in [9.17, 15) is 4.79 Å². The van der Waals surface area contributed by atoms with Gasteiger partial charge in [-0.25, -0.2) is 14.5 Å². The zero-order valence-electron chi connectivity index (χ0n) is 16.3. The molecule has 0 spiro atoms. The Labute approximate surface area is 166 Å². The van der Waals surface area contributed by atoms with Crippen LogP contribution in [-0.2, 0) is 11.8 Å². The average Bonchev–Trinajstić information content (AvgIpc) is 2.99. The van der Waals surface area contributed by atoms with Crippen LogP contribution in [-0.4, -0.2) is 50.5 Å². The van der Waals surface area contributed by atoms with Crippen molar-refractivity contribution in [2.24, 2.45) is 7.05 Å². The molecule has 1 aliphatic rings. The number of fused-ring (bicyclic) bond motifs is 2. The highest BCUT2D eigenvalue weighted by Crippen LogP contribution is 2.25. The standard InChI is InChI=1S/C20H21N7O2/c1-13-9-15-16(22-4-3-21-15)10-14(13)24-19-11-17-18(12-23-19)25(2)20(28)27(17)26-5-7-29-8-6-26/h3-4,9-12H,5-8H2,1-2H3,(H,23,24). The van der Waals surface area contributed by atoms with E-state index in [2.05, 4.69) is 20.3 Å². The van der Waals surface area contributed by atoms with Crippen LogP contribution in [0.3, 0.4) is 0 Å². The number of rotatable bonds is 3. The quantitative estimate of drug-likeness (QED) is 0.568. The van der Waals surface area contributed by atoms with Crippen molar-refractivity contribution in [2.45, 2.75) is 6.92 Å². The summed E-state index contributed by atoms with van der Waals surface area (Å²) in [5.41, 5.74) is 5.12. The molecule has 1 aromatic carbocycles. The van der Waals surface area contributed by atoms with Crippen molar-refractivity contribution in [2.75, 3.05) is 36.6 Å². The maximum atomic E-state index is 12.8. The number of anilines is 2. The van der Waals surface area contributed by atoms with Crippen molar-refractivity contribution in [3.8, 4) is 0 Å². The van der Waals surface area contributed by atoms with Gasteiger partial charge in [-0.05, 0) is 24.6 Å². The van der Waals surface area contributed by atoms with Gasteiger partial charge in [0.15, 0.2) is 0 Å². The lowest BCUT2D eigenvalue weighted by molar-refractivity contribution is 0.111. The fourth-order valence-corrected chi connectivity index (χ4v) is 3.70. The van der Waals surface area contributed by atoms with Gasteiger partial charge >= 0.3 is 5.69 Å². The molecule has 1 fully saturated rings. The fourth-order valence-electron chi connectivity index (χ4n) is 3.70. The molecule has 4 aromatic rings. The van der Waals surface area contributed by atoms with Crippen LogP contribution in [0.15, 0.2) is 41.6 Å². The Bertz CT molecular complexity index is 1270. The van der Waals surface area contributed by atoms with E-state index < -0.39 is 0 Å². The van der Waals surface area contributed by atoms with E-state index in [0.29, 0.717) is 32.1 Å². The number of aromatic nitrogens is 5. The molecule has 1 aliphatic heterocycles. The fraction of sp³-hybridized carbons (Fsp3) is 0.300. The van der Waals surface area contributed by atoms with Gasteiger partial charge in [0, 0.05) is 31.2 Å². The Morgan fingerprint density at radius 1 is 1.00 bits per heavy atom. The number of nitrogens with one attached hydrogen (secondary N) is 1. The zero-order valence-corrected chi connectivity index (χ0v) is 16.3. The van der Waals surface area contributed by atoms with E-state index in [1.165, 1.54) is 0 Å². The van der Waals surface area contributed by atoms with Crippen LogP contribution in [0.4, 0.5) is 11.5 Å². The molecular weight excluding hydrogens is 370 g/mol. The van der Waals surface area contributed by atoms with Crippen LogP contribution in [0.2, 0.25) is 0 Å². The first-order chi connectivity index (χ1) is 14.1. The molecule has 0 amide bonds. The van der Waals surface area contributed by atoms with E-state index >= 15 is 0 Å². The summed E-state index contributed by atoms with van der Waals surface area (Å²) in [6.07, 6.45) is 5.09. The number of morpholine rings is 1. The predicted molar refractivity (Wildman–Crippen MR) is 111 cm³/mol. The number of hydrogen-bond acceptors (Lipinski definition) is 7. The Kier molecular flexibility index (Phi) is 4.17. The molecule has 0 radical (unpaired) electrons. The molecule has 1 saturated heterocycles. The van der Waals surface area contributed by atoms with Crippen LogP contribution >= 0.6 is 0 Å². The van der Waals surface area contributed by atoms with Gasteiger partial charge in [0.05, 0.1) is 54.6 Å². The molecule has 0 bridgehead atoms. The molecular formula is C20H21N7O2. The van der Waals surface area contributed by atoms with Crippen molar-refractivity contribution in [3.05, 3.63) is 52.8 Å². The number of benzene rings is 1. The van der Waals surface area contributed by atoms with Crippen molar-refractivity contribution in [1.29, 1.82) is 0 Å². The molecule has 5 rings (SSSR count). The summed E-state index contributed by atoms with van der Waals surface area (Å²) < 4.78 is 8.78. The van der Waals surface area contributed by atoms with Gasteiger partial charge in [-0.2, -0.15) is 0 Å². The normalized spacial score (nSPS) is 14.6. The summed E-state index contributed by atoms with van der Waals surface area (Å²) in [6, 6.07) is 5.87. The monoisotopic (exact) mass is 391 g/mol. The first-order valence-electron chi connectivity index (χ1n) is 9.51. The first kappa shape index (κ1) is 17.6. The van der Waals surface area contributed by atoms with Gasteiger partial charge < -0.3 is 15.1 Å². The van der Waals surface area contributed by atoms with Gasteiger partial charge in [-0.3, -0.25) is 14.5 Å². The van der Waals surface area contributed by atoms with Crippen molar-refractivity contribution in [1.82, 2.24) is 24.2 Å². The molecule has 1 N–H and O–H groups in total. The molecule has 0 unspecified atom stereocenters. The maximum absolute atomic E-state index is 12.8. The van der Waals surface area contributed by atoms with Gasteiger partial charge in [0.2, 0.25) is 0 Å². The number of hydrogen-bond donors (Lipinski definition) is 1. The van der Waals surface area contributed by atoms with E-state index in [4.69, 9.17) is 4.74 Å². The Balaban J connectivity index is 1.58. The lowest BCUT2D eigenvalue weighted by Gasteiger charge is -2.29. The molecule has 4 heterocycles. The molecule has 0 saturated carbocycles. The summed E-state index contributed by atoms with van der Waals surface area (Å²) in [5, 5.41) is 5.39. The summed E-state index contributed by atoms with van der Waals surface area (Å²) >= 11 is 0. The minimum absolute atomic E-state index is 0.0852. The Morgan fingerprint density at radius 2 is 1.72 bits per heavy atom. The summed E-state index contributed by atoms with van der Waals surface area (Å²) in [4.78, 5) is 26.1. The third-order valence-electron chi connectivity index (χ3n) is 5.27. The van der Waals surface area contributed by atoms with Crippen LogP contribution in [0, 0.1) is 6.92 Å². The highest BCUT2D eigenvalue weighted by Gasteiger charge is 2.19. The first-order valence-corrected chi connectivity index (χ1v) is 9.51. The van der Waals surface area contributed by atoms with E-state index in [1.54, 1.807) is 34.9 Å². The van der Waals surface area contributed by atoms with Crippen molar-refractivity contribution < 1.29 is 4.74 Å². The largest absolute Gasteiger partial charge is 0.378 e. The Morgan fingerprint density at radius 3 is 2.48 bits per heavy atom. The number of ether oxygens (including phenoxy) is 1. The van der Waals surface area contributed by atoms with E-state index in [1.807, 2.05) is 30.1 Å². The number of nitrogens with zero attached hydrogens (tertiary/aromatic N) is 6. The summed E-state index contributed by atoms with van der Waals surface area (Å²) in [7, 11) is 1.77. The lowest BCUT2D eigenvalue weighted by atomic mass is 10.1. The predicted octanol–water partition coefficient (Wildman–Crippen LogP) is 1.70. The minimum atomic E-state index is -0.0852. The van der Waals surface area contributed by atoms with Crippen LogP contribution < -0.4 is 16.0 Å². The van der Waals surface area contributed by atoms with Gasteiger partial charge in [0.1, 0.15) is 5.82 Å². The molecule has 0 atom stereocenters. The van der Waals surface area contributed by atoms with Gasteiger partial charge in [0.25, 0.3) is 0 Å². The smallest absolute Gasteiger partial charge is 0.347 e. The van der Waals surface area contributed by atoms with Gasteiger partial charge in [-0.15, -0.1) is 0 Å². The van der Waals surface area contributed by atoms with Gasteiger partial charge in [-0.1, -0.05) is 0 Å². The molecule has 0 aliphatic carbocycles. The summed E-state index contributed by atoms with van der Waals surface area (Å²) in [5.74, 6) is 0.663. The highest BCUT2D eigenvalue weighted by atomic mass is 16.5. The average molecular weight is 391 g/mol. The molecule has 29 heavy (non-hydrogen) atoms. The summed E-state index contributed by atoms with van der Waals surface area (Å²) in [6.45, 7) is 4.58. The second-order valence-corrected chi connectivity index (χ2v) is 7.11. The third kappa shape index (κ3) is 2.99. The molecule has 3 aromatic heterocycles. The lowest BCUT2D eigenvalue weighted by Crippen LogP contribution is -2.48. The number of aryl methyl sites for hydroxylation is 2. The van der Waals surface area contributed by atoms with Crippen LogP contribution in [0.1, 0.15) is 5.56 Å². The number of pyridine rings is 1. The minimum Gasteiger partial charge on any atom is -0.378 e. The molecule has 9 nitrogen and oxygen atoms in total. The second kappa shape index (κ2) is 6.85. The van der Waals surface area contributed by atoms with Crippen molar-refractivity contribution in [3.63, 3.8) is 0 Å².